The highest BCUT2D eigenvalue weighted by Crippen LogP contribution is 2.47. The van der Waals surface area contributed by atoms with Crippen LogP contribution in [0.5, 0.6) is 5.75 Å². The number of amides is 4. The van der Waals surface area contributed by atoms with E-state index in [9.17, 15) is 19.2 Å². The van der Waals surface area contributed by atoms with E-state index in [0.29, 0.717) is 38.2 Å². The van der Waals surface area contributed by atoms with Gasteiger partial charge in [-0.05, 0) is 37.0 Å². The van der Waals surface area contributed by atoms with Gasteiger partial charge in [-0.2, -0.15) is 0 Å². The Morgan fingerprint density at radius 1 is 1.21 bits per heavy atom. The zero-order chi connectivity index (χ0) is 20.3. The van der Waals surface area contributed by atoms with Gasteiger partial charge in [0.1, 0.15) is 11.8 Å². The molecule has 4 aliphatic heterocycles. The normalized spacial score (nSPS) is 25.0. The van der Waals surface area contributed by atoms with Crippen LogP contribution in [0.4, 0.5) is 0 Å². The van der Waals surface area contributed by atoms with Crippen molar-refractivity contribution in [2.75, 3.05) is 19.7 Å². The maximum Gasteiger partial charge on any atom is 0.255 e. The number of carbonyl (C=O) groups is 4. The number of hydrogen-bond donors (Lipinski definition) is 1. The minimum atomic E-state index is -0.615. The first-order valence-electron chi connectivity index (χ1n) is 10.1. The lowest BCUT2D eigenvalue weighted by molar-refractivity contribution is -0.137. The van der Waals surface area contributed by atoms with Crippen molar-refractivity contribution in [1.29, 1.82) is 0 Å². The first-order valence-corrected chi connectivity index (χ1v) is 10.1. The molecule has 2 fully saturated rings. The summed E-state index contributed by atoms with van der Waals surface area (Å²) in [6, 6.07) is 3.26. The van der Waals surface area contributed by atoms with Gasteiger partial charge >= 0.3 is 0 Å². The summed E-state index contributed by atoms with van der Waals surface area (Å²) in [6.07, 6.45) is 2.27. The largest absolute Gasteiger partial charge is 0.492 e. The van der Waals surface area contributed by atoms with Crippen LogP contribution in [0.15, 0.2) is 12.1 Å². The molecule has 8 heteroatoms. The number of likely N-dealkylation sites (tertiary alicyclic amines) is 1. The van der Waals surface area contributed by atoms with Gasteiger partial charge in [0.15, 0.2) is 0 Å². The second-order valence-electron chi connectivity index (χ2n) is 8.48. The van der Waals surface area contributed by atoms with Crippen LogP contribution in [0, 0.1) is 0 Å². The van der Waals surface area contributed by atoms with E-state index in [0.717, 1.165) is 29.7 Å². The quantitative estimate of drug-likeness (QED) is 0.705. The van der Waals surface area contributed by atoms with Gasteiger partial charge in [0.25, 0.3) is 5.91 Å². The van der Waals surface area contributed by atoms with E-state index < -0.39 is 11.9 Å². The monoisotopic (exact) mass is 397 g/mol. The molecule has 8 nitrogen and oxygen atoms in total. The highest BCUT2D eigenvalue weighted by Gasteiger charge is 2.46. The summed E-state index contributed by atoms with van der Waals surface area (Å²) in [6.45, 7) is 3.94. The van der Waals surface area contributed by atoms with Gasteiger partial charge in [0.2, 0.25) is 17.7 Å². The van der Waals surface area contributed by atoms with Crippen molar-refractivity contribution in [3.05, 3.63) is 28.8 Å². The molecule has 4 heterocycles. The van der Waals surface area contributed by atoms with Crippen LogP contribution in [-0.2, 0) is 26.3 Å². The number of fused-ring (bicyclic) bond motifs is 3. The Morgan fingerprint density at radius 3 is 2.66 bits per heavy atom. The highest BCUT2D eigenvalue weighted by atomic mass is 16.5. The lowest BCUT2D eigenvalue weighted by Crippen LogP contribution is -2.52. The van der Waals surface area contributed by atoms with E-state index in [-0.39, 0.29) is 29.6 Å². The molecule has 0 aliphatic carbocycles. The Morgan fingerprint density at radius 2 is 1.97 bits per heavy atom. The van der Waals surface area contributed by atoms with Gasteiger partial charge in [0, 0.05) is 49.5 Å². The van der Waals surface area contributed by atoms with Crippen LogP contribution >= 0.6 is 0 Å². The number of benzene rings is 1. The van der Waals surface area contributed by atoms with Gasteiger partial charge in [-0.1, -0.05) is 0 Å². The van der Waals surface area contributed by atoms with Crippen molar-refractivity contribution in [3.63, 3.8) is 0 Å². The molecule has 1 aromatic rings. The molecule has 0 bridgehead atoms. The molecule has 1 unspecified atom stereocenters. The number of ether oxygens (including phenoxy) is 1. The van der Waals surface area contributed by atoms with Crippen LogP contribution in [0.1, 0.15) is 54.1 Å². The molecule has 0 aromatic heterocycles. The van der Waals surface area contributed by atoms with Gasteiger partial charge in [0.05, 0.1) is 6.61 Å². The van der Waals surface area contributed by atoms with E-state index in [1.165, 1.54) is 0 Å². The van der Waals surface area contributed by atoms with Crippen LogP contribution < -0.4 is 10.1 Å². The standard InChI is InChI=1S/C21H23N3O5/c1-12(25)23-6-4-21(5-7-23)11-29-17-9-14-13(8-15(17)21)10-24(20(14)28)16-2-3-18(26)22-19(16)27/h8-9,16H,2-7,10-11H2,1H3,(H,22,26,27). The second-order valence-corrected chi connectivity index (χ2v) is 8.48. The molecule has 1 N–H and O–H groups in total. The van der Waals surface area contributed by atoms with E-state index in [2.05, 4.69) is 11.4 Å². The predicted molar refractivity (Wildman–Crippen MR) is 101 cm³/mol. The molecule has 0 radical (unpaired) electrons. The zero-order valence-electron chi connectivity index (χ0n) is 16.3. The Hall–Kier alpha value is -2.90. The lowest BCUT2D eigenvalue weighted by Gasteiger charge is -2.38. The number of rotatable bonds is 1. The van der Waals surface area contributed by atoms with E-state index >= 15 is 0 Å². The summed E-state index contributed by atoms with van der Waals surface area (Å²) in [4.78, 5) is 51.7. The molecular weight excluding hydrogens is 374 g/mol. The predicted octanol–water partition coefficient (Wildman–Crippen LogP) is 0.720. The SMILES string of the molecule is CC(=O)N1CCC2(CC1)COc1cc3c(cc12)CN(C1CCC(=O)NC1=O)C3=O. The number of carbonyl (C=O) groups excluding carboxylic acids is 4. The average molecular weight is 397 g/mol. The molecule has 1 atom stereocenters. The highest BCUT2D eigenvalue weighted by molar-refractivity contribution is 6.05. The Labute approximate surface area is 168 Å². The molecule has 5 rings (SSSR count). The van der Waals surface area contributed by atoms with Crippen molar-refractivity contribution in [1.82, 2.24) is 15.1 Å². The first kappa shape index (κ1) is 18.1. The number of hydrogen-bond acceptors (Lipinski definition) is 5. The summed E-state index contributed by atoms with van der Waals surface area (Å²) >= 11 is 0. The van der Waals surface area contributed by atoms with Crippen molar-refractivity contribution in [2.45, 2.75) is 50.6 Å². The molecule has 0 saturated carbocycles. The van der Waals surface area contributed by atoms with Crippen molar-refractivity contribution < 1.29 is 23.9 Å². The average Bonchev–Trinajstić information content (AvgIpc) is 3.19. The zero-order valence-corrected chi connectivity index (χ0v) is 16.3. The molecule has 29 heavy (non-hydrogen) atoms. The number of piperidine rings is 2. The minimum Gasteiger partial charge on any atom is -0.492 e. The van der Waals surface area contributed by atoms with Crippen molar-refractivity contribution in [3.8, 4) is 5.75 Å². The molecular formula is C21H23N3O5. The fourth-order valence-corrected chi connectivity index (χ4v) is 5.09. The number of nitrogens with zero attached hydrogens (tertiary/aromatic N) is 2. The molecule has 4 aliphatic rings. The van der Waals surface area contributed by atoms with Crippen molar-refractivity contribution in [2.24, 2.45) is 0 Å². The lowest BCUT2D eigenvalue weighted by atomic mass is 9.74. The molecule has 2 saturated heterocycles. The maximum absolute atomic E-state index is 13.0. The third-order valence-corrected chi connectivity index (χ3v) is 6.86. The molecule has 1 aromatic carbocycles. The molecule has 152 valence electrons. The Bertz CT molecular complexity index is 948. The summed E-state index contributed by atoms with van der Waals surface area (Å²) in [5, 5.41) is 2.33. The number of imide groups is 1. The fourth-order valence-electron chi connectivity index (χ4n) is 5.09. The fraction of sp³-hybridized carbons (Fsp3) is 0.524. The molecule has 4 amide bonds. The first-order chi connectivity index (χ1) is 13.9. The van der Waals surface area contributed by atoms with Crippen LogP contribution in [0.25, 0.3) is 0 Å². The maximum atomic E-state index is 13.0. The van der Waals surface area contributed by atoms with Gasteiger partial charge in [-0.15, -0.1) is 0 Å². The molecule has 1 spiro atoms. The minimum absolute atomic E-state index is 0.0958. The third kappa shape index (κ3) is 2.73. The topological polar surface area (TPSA) is 96.0 Å². The summed E-state index contributed by atoms with van der Waals surface area (Å²) in [7, 11) is 0. The van der Waals surface area contributed by atoms with Gasteiger partial charge in [-0.25, -0.2) is 0 Å². The van der Waals surface area contributed by atoms with Gasteiger partial charge < -0.3 is 14.5 Å². The Balaban J connectivity index is 1.41. The Kier molecular flexibility index (Phi) is 3.94. The van der Waals surface area contributed by atoms with E-state index in [1.807, 2.05) is 11.0 Å². The third-order valence-electron chi connectivity index (χ3n) is 6.86. The van der Waals surface area contributed by atoms with Crippen molar-refractivity contribution >= 4 is 23.6 Å². The van der Waals surface area contributed by atoms with E-state index in [1.54, 1.807) is 11.8 Å². The smallest absolute Gasteiger partial charge is 0.255 e. The van der Waals surface area contributed by atoms with Crippen LogP contribution in [0.2, 0.25) is 0 Å². The van der Waals surface area contributed by atoms with Gasteiger partial charge in [-0.3, -0.25) is 24.5 Å². The van der Waals surface area contributed by atoms with E-state index in [4.69, 9.17) is 4.74 Å². The summed E-state index contributed by atoms with van der Waals surface area (Å²) in [5.41, 5.74) is 2.46. The summed E-state index contributed by atoms with van der Waals surface area (Å²) in [5.74, 6) is -0.0499. The second kappa shape index (κ2) is 6.30. The number of nitrogens with one attached hydrogen (secondary N) is 1. The summed E-state index contributed by atoms with van der Waals surface area (Å²) < 4.78 is 5.98. The van der Waals surface area contributed by atoms with Crippen LogP contribution in [-0.4, -0.2) is 59.2 Å². The van der Waals surface area contributed by atoms with Crippen LogP contribution in [0.3, 0.4) is 0 Å².